The summed E-state index contributed by atoms with van der Waals surface area (Å²) in [6.07, 6.45) is 0. The fourth-order valence-electron chi connectivity index (χ4n) is 2.92. The summed E-state index contributed by atoms with van der Waals surface area (Å²) in [6, 6.07) is 14.0. The number of ether oxygens (including phenoxy) is 1. The third kappa shape index (κ3) is 4.33. The predicted molar refractivity (Wildman–Crippen MR) is 115 cm³/mol. The fraction of sp³-hybridized carbons (Fsp3) is 0.0952. The van der Waals surface area contributed by atoms with Crippen LogP contribution in [0.1, 0.15) is 15.9 Å². The van der Waals surface area contributed by atoms with Crippen LogP contribution in [0.15, 0.2) is 54.6 Å². The number of carbonyl (C=O) groups is 1. The maximum Gasteiger partial charge on any atom is 0.337 e. The Morgan fingerprint density at radius 2 is 1.87 bits per heavy atom. The number of aromatic nitrogens is 2. The molecule has 2 heterocycles. The molecule has 0 unspecified atom stereocenters. The van der Waals surface area contributed by atoms with Crippen LogP contribution in [-0.4, -0.2) is 28.0 Å². The molecular formula is C21H15FN4O4S. The number of methoxy groups -OCH3 is 1. The van der Waals surface area contributed by atoms with Crippen molar-refractivity contribution in [2.75, 3.05) is 12.4 Å². The Balaban J connectivity index is 1.73. The minimum atomic E-state index is -0.471. The first-order valence-corrected chi connectivity index (χ1v) is 9.89. The molecule has 0 spiro atoms. The quantitative estimate of drug-likeness (QED) is 0.262. The van der Waals surface area contributed by atoms with Gasteiger partial charge in [0.2, 0.25) is 0 Å². The number of thiophene rings is 1. The number of hydrogen-bond donors (Lipinski definition) is 1. The van der Waals surface area contributed by atoms with Crippen LogP contribution < -0.4 is 5.32 Å². The Kier molecular flexibility index (Phi) is 5.54. The van der Waals surface area contributed by atoms with Gasteiger partial charge in [0.15, 0.2) is 5.82 Å². The number of nitro groups is 1. The molecule has 0 aliphatic heterocycles. The number of nitrogens with one attached hydrogen (secondary N) is 1. The molecule has 0 atom stereocenters. The van der Waals surface area contributed by atoms with Crippen LogP contribution in [0, 0.1) is 15.9 Å². The van der Waals surface area contributed by atoms with Crippen molar-refractivity contribution in [1.82, 2.24) is 9.97 Å². The normalized spacial score (nSPS) is 10.8. The smallest absolute Gasteiger partial charge is 0.337 e. The first-order chi connectivity index (χ1) is 14.9. The van der Waals surface area contributed by atoms with Crippen LogP contribution >= 0.6 is 11.3 Å². The average Bonchev–Trinajstić information content (AvgIpc) is 3.23. The molecule has 0 aliphatic carbocycles. The summed E-state index contributed by atoms with van der Waals surface area (Å²) in [7, 11) is 1.30. The number of carbonyl (C=O) groups excluding carboxylic acids is 1. The van der Waals surface area contributed by atoms with Crippen molar-refractivity contribution in [3.05, 3.63) is 81.7 Å². The summed E-state index contributed by atoms with van der Waals surface area (Å²) in [4.78, 5) is 31.9. The van der Waals surface area contributed by atoms with Gasteiger partial charge in [-0.25, -0.2) is 19.2 Å². The number of benzene rings is 2. The molecule has 0 saturated heterocycles. The van der Waals surface area contributed by atoms with Crippen molar-refractivity contribution >= 4 is 38.3 Å². The van der Waals surface area contributed by atoms with Crippen LogP contribution in [0.3, 0.4) is 0 Å². The molecule has 2 aromatic heterocycles. The van der Waals surface area contributed by atoms with Gasteiger partial charge in [0.25, 0.3) is 0 Å². The molecule has 8 nitrogen and oxygen atoms in total. The summed E-state index contributed by atoms with van der Waals surface area (Å²) in [5, 5.41) is 14.9. The van der Waals surface area contributed by atoms with Crippen molar-refractivity contribution in [2.45, 2.75) is 6.54 Å². The molecule has 0 bridgehead atoms. The van der Waals surface area contributed by atoms with E-state index in [0.29, 0.717) is 39.5 Å². The standard InChI is InChI=1S/C21H15FN4O4S/c1-30-21(27)14-6-4-13(5-7-14)18-24-19(23-11-12-2-8-15(22)9-3-12)16-10-17(26(28)29)31-20(16)25-18/h2-10H,11H2,1H3,(H,23,24,25). The van der Waals surface area contributed by atoms with Gasteiger partial charge in [-0.3, -0.25) is 10.1 Å². The summed E-state index contributed by atoms with van der Waals surface area (Å²) in [5.41, 5.74) is 1.84. The van der Waals surface area contributed by atoms with Gasteiger partial charge < -0.3 is 10.1 Å². The predicted octanol–water partition coefficient (Wildman–Crippen LogP) is 4.80. The Morgan fingerprint density at radius 3 is 2.52 bits per heavy atom. The number of halogens is 1. The summed E-state index contributed by atoms with van der Waals surface area (Å²) >= 11 is 0.950. The Labute approximate surface area is 179 Å². The molecule has 0 saturated carbocycles. The highest BCUT2D eigenvalue weighted by Gasteiger charge is 2.18. The van der Waals surface area contributed by atoms with Gasteiger partial charge in [-0.05, 0) is 41.2 Å². The van der Waals surface area contributed by atoms with Crippen LogP contribution in [0.2, 0.25) is 0 Å². The van der Waals surface area contributed by atoms with Gasteiger partial charge in [0.05, 0.1) is 23.0 Å². The van der Waals surface area contributed by atoms with Gasteiger partial charge in [0.1, 0.15) is 16.5 Å². The lowest BCUT2D eigenvalue weighted by atomic mass is 10.1. The van der Waals surface area contributed by atoms with E-state index in [4.69, 9.17) is 4.74 Å². The average molecular weight is 438 g/mol. The van der Waals surface area contributed by atoms with Crippen molar-refractivity contribution in [3.8, 4) is 11.4 Å². The highest BCUT2D eigenvalue weighted by molar-refractivity contribution is 7.21. The maximum atomic E-state index is 13.1. The van der Waals surface area contributed by atoms with E-state index in [1.165, 1.54) is 25.3 Å². The highest BCUT2D eigenvalue weighted by atomic mass is 32.1. The van der Waals surface area contributed by atoms with Gasteiger partial charge in [-0.2, -0.15) is 0 Å². The molecule has 0 aliphatic rings. The summed E-state index contributed by atoms with van der Waals surface area (Å²) in [6.45, 7) is 0.344. The molecule has 1 N–H and O–H groups in total. The molecule has 0 radical (unpaired) electrons. The van der Waals surface area contributed by atoms with Crippen LogP contribution in [0.25, 0.3) is 21.6 Å². The zero-order chi connectivity index (χ0) is 22.0. The minimum absolute atomic E-state index is 0.0488. The first-order valence-electron chi connectivity index (χ1n) is 9.07. The molecule has 0 fully saturated rings. The van der Waals surface area contributed by atoms with Crippen LogP contribution in [-0.2, 0) is 11.3 Å². The van der Waals surface area contributed by atoms with Gasteiger partial charge in [-0.15, -0.1) is 0 Å². The van der Waals surface area contributed by atoms with E-state index in [1.54, 1.807) is 36.4 Å². The maximum absolute atomic E-state index is 13.1. The highest BCUT2D eigenvalue weighted by Crippen LogP contribution is 2.35. The number of anilines is 1. The van der Waals surface area contributed by atoms with Crippen molar-refractivity contribution in [1.29, 1.82) is 0 Å². The third-order valence-electron chi connectivity index (χ3n) is 4.50. The lowest BCUT2D eigenvalue weighted by Crippen LogP contribution is -2.04. The van der Waals surface area contributed by atoms with E-state index in [0.717, 1.165) is 16.9 Å². The zero-order valence-electron chi connectivity index (χ0n) is 16.2. The SMILES string of the molecule is COC(=O)c1ccc(-c2nc(NCc3ccc(F)cc3)c3cc([N+](=O)[O-])sc3n2)cc1. The molecule has 0 amide bonds. The molecule has 10 heteroatoms. The number of esters is 1. The van der Waals surface area contributed by atoms with Gasteiger partial charge in [-0.1, -0.05) is 24.3 Å². The summed E-state index contributed by atoms with van der Waals surface area (Å²) in [5.74, 6) is -0.0224. The number of hydrogen-bond acceptors (Lipinski definition) is 8. The zero-order valence-corrected chi connectivity index (χ0v) is 17.0. The Hall–Kier alpha value is -3.92. The van der Waals surface area contributed by atoms with Crippen LogP contribution in [0.4, 0.5) is 15.2 Å². The molecule has 4 aromatic rings. The second-order valence-corrected chi connectivity index (χ2v) is 7.51. The van der Waals surface area contributed by atoms with Gasteiger partial charge >= 0.3 is 11.0 Å². The number of nitrogens with zero attached hydrogens (tertiary/aromatic N) is 3. The topological polar surface area (TPSA) is 107 Å². The molecular weight excluding hydrogens is 423 g/mol. The van der Waals surface area contributed by atoms with Crippen molar-refractivity contribution in [3.63, 3.8) is 0 Å². The molecule has 31 heavy (non-hydrogen) atoms. The first kappa shape index (κ1) is 20.4. The van der Waals surface area contributed by atoms with Gasteiger partial charge in [0, 0.05) is 18.2 Å². The van der Waals surface area contributed by atoms with Crippen molar-refractivity contribution in [2.24, 2.45) is 0 Å². The lowest BCUT2D eigenvalue weighted by molar-refractivity contribution is -0.380. The minimum Gasteiger partial charge on any atom is -0.465 e. The third-order valence-corrected chi connectivity index (χ3v) is 5.48. The Morgan fingerprint density at radius 1 is 1.16 bits per heavy atom. The number of rotatable bonds is 6. The van der Waals surface area contributed by atoms with E-state index in [9.17, 15) is 19.3 Å². The van der Waals surface area contributed by atoms with E-state index in [2.05, 4.69) is 15.3 Å². The van der Waals surface area contributed by atoms with E-state index in [1.807, 2.05) is 0 Å². The number of fused-ring (bicyclic) bond motifs is 1. The second kappa shape index (κ2) is 8.44. The largest absolute Gasteiger partial charge is 0.465 e. The fourth-order valence-corrected chi connectivity index (χ4v) is 3.77. The van der Waals surface area contributed by atoms with E-state index < -0.39 is 10.9 Å². The Bertz CT molecular complexity index is 1270. The van der Waals surface area contributed by atoms with Crippen LogP contribution in [0.5, 0.6) is 0 Å². The van der Waals surface area contributed by atoms with Crippen molar-refractivity contribution < 1.29 is 18.8 Å². The van der Waals surface area contributed by atoms with E-state index >= 15 is 0 Å². The monoisotopic (exact) mass is 438 g/mol. The molecule has 2 aromatic carbocycles. The summed E-state index contributed by atoms with van der Waals surface area (Å²) < 4.78 is 17.8. The second-order valence-electron chi connectivity index (χ2n) is 6.51. The van der Waals surface area contributed by atoms with E-state index in [-0.39, 0.29) is 10.8 Å². The molecule has 4 rings (SSSR count). The molecule has 156 valence electrons. The lowest BCUT2D eigenvalue weighted by Gasteiger charge is -2.09.